The van der Waals surface area contributed by atoms with Crippen molar-refractivity contribution in [3.05, 3.63) is 0 Å². The Labute approximate surface area is 107 Å². The van der Waals surface area contributed by atoms with Gasteiger partial charge in [-0.05, 0) is 50.7 Å². The molecule has 2 nitrogen and oxygen atoms in total. The minimum atomic E-state index is 0.594. The third-order valence-corrected chi connectivity index (χ3v) is 4.67. The number of nitrogens with one attached hydrogen (secondary N) is 1. The fourth-order valence-electron chi connectivity index (χ4n) is 3.67. The second-order valence-corrected chi connectivity index (χ2v) is 6.18. The maximum absolute atomic E-state index is 3.63. The average Bonchev–Trinajstić information content (AvgIpc) is 2.73. The molecule has 0 atom stereocenters. The Morgan fingerprint density at radius 3 is 2.18 bits per heavy atom. The first kappa shape index (κ1) is 13.4. The van der Waals surface area contributed by atoms with Gasteiger partial charge >= 0.3 is 0 Å². The van der Waals surface area contributed by atoms with Crippen LogP contribution in [0.2, 0.25) is 0 Å². The van der Waals surface area contributed by atoms with Crippen molar-refractivity contribution < 1.29 is 0 Å². The van der Waals surface area contributed by atoms with Crippen molar-refractivity contribution in [1.29, 1.82) is 0 Å². The first-order valence-electron chi connectivity index (χ1n) is 7.78. The second kappa shape index (κ2) is 6.75. The molecule has 17 heavy (non-hydrogen) atoms. The summed E-state index contributed by atoms with van der Waals surface area (Å²) < 4.78 is 0. The molecule has 100 valence electrons. The number of hydrogen-bond donors (Lipinski definition) is 1. The standard InChI is InChI=1S/C15H30N2/c1-2-16-13-15(9-5-3-4-6-10-15)14-17-11-7-8-12-17/h16H,2-14H2,1H3. The summed E-state index contributed by atoms with van der Waals surface area (Å²) in [5.41, 5.74) is 0.594. The van der Waals surface area contributed by atoms with Gasteiger partial charge in [0.25, 0.3) is 0 Å². The zero-order chi connectivity index (χ0) is 12.0. The molecule has 0 aromatic carbocycles. The van der Waals surface area contributed by atoms with Gasteiger partial charge in [0.05, 0.1) is 0 Å². The molecule has 2 aliphatic rings. The molecule has 0 amide bonds. The Morgan fingerprint density at radius 2 is 1.59 bits per heavy atom. The number of nitrogens with zero attached hydrogens (tertiary/aromatic N) is 1. The van der Waals surface area contributed by atoms with Gasteiger partial charge in [-0.15, -0.1) is 0 Å². The van der Waals surface area contributed by atoms with Crippen LogP contribution in [0.25, 0.3) is 0 Å². The van der Waals surface area contributed by atoms with Crippen LogP contribution in [-0.4, -0.2) is 37.6 Å². The van der Waals surface area contributed by atoms with Gasteiger partial charge in [-0.1, -0.05) is 32.6 Å². The smallest absolute Gasteiger partial charge is 0.00501 e. The minimum Gasteiger partial charge on any atom is -0.316 e. The van der Waals surface area contributed by atoms with Crippen molar-refractivity contribution in [2.45, 2.75) is 58.3 Å². The molecule has 1 saturated carbocycles. The molecule has 2 rings (SSSR count). The molecule has 0 aromatic heterocycles. The van der Waals surface area contributed by atoms with Gasteiger partial charge in [0.15, 0.2) is 0 Å². The molecule has 0 spiro atoms. The Balaban J connectivity index is 1.93. The summed E-state index contributed by atoms with van der Waals surface area (Å²) in [6, 6.07) is 0. The van der Waals surface area contributed by atoms with Crippen molar-refractivity contribution >= 4 is 0 Å². The molecule has 1 heterocycles. The molecule has 0 radical (unpaired) electrons. The minimum absolute atomic E-state index is 0.594. The summed E-state index contributed by atoms with van der Waals surface area (Å²) in [6.45, 7) is 8.68. The highest BCUT2D eigenvalue weighted by Gasteiger charge is 2.33. The Hall–Kier alpha value is -0.0800. The van der Waals surface area contributed by atoms with E-state index in [-0.39, 0.29) is 0 Å². The molecule has 1 N–H and O–H groups in total. The normalized spacial score (nSPS) is 25.9. The first-order valence-corrected chi connectivity index (χ1v) is 7.78. The van der Waals surface area contributed by atoms with Crippen LogP contribution in [0.15, 0.2) is 0 Å². The summed E-state index contributed by atoms with van der Waals surface area (Å²) in [7, 11) is 0. The summed E-state index contributed by atoms with van der Waals surface area (Å²) in [5, 5.41) is 3.63. The highest BCUT2D eigenvalue weighted by molar-refractivity contribution is 4.87. The van der Waals surface area contributed by atoms with Crippen LogP contribution in [0.5, 0.6) is 0 Å². The lowest BCUT2D eigenvalue weighted by Crippen LogP contribution is -2.43. The Bertz CT molecular complexity index is 201. The summed E-state index contributed by atoms with van der Waals surface area (Å²) in [4.78, 5) is 2.72. The quantitative estimate of drug-likeness (QED) is 0.741. The molecular formula is C15H30N2. The average molecular weight is 238 g/mol. The van der Waals surface area contributed by atoms with Crippen LogP contribution in [0, 0.1) is 5.41 Å². The van der Waals surface area contributed by atoms with Crippen molar-refractivity contribution in [1.82, 2.24) is 10.2 Å². The van der Waals surface area contributed by atoms with Gasteiger partial charge in [-0.25, -0.2) is 0 Å². The third kappa shape index (κ3) is 3.96. The fourth-order valence-corrected chi connectivity index (χ4v) is 3.67. The molecule has 0 bridgehead atoms. The maximum Gasteiger partial charge on any atom is 0.00501 e. The number of hydrogen-bond acceptors (Lipinski definition) is 2. The van der Waals surface area contributed by atoms with Gasteiger partial charge in [0.1, 0.15) is 0 Å². The predicted octanol–water partition coefficient (Wildman–Crippen LogP) is 3.03. The van der Waals surface area contributed by atoms with E-state index in [0.717, 1.165) is 6.54 Å². The van der Waals surface area contributed by atoms with Gasteiger partial charge < -0.3 is 10.2 Å². The third-order valence-electron chi connectivity index (χ3n) is 4.67. The lowest BCUT2D eigenvalue weighted by molar-refractivity contribution is 0.146. The van der Waals surface area contributed by atoms with Crippen LogP contribution in [0.3, 0.4) is 0 Å². The topological polar surface area (TPSA) is 15.3 Å². The van der Waals surface area contributed by atoms with E-state index in [4.69, 9.17) is 0 Å². The summed E-state index contributed by atoms with van der Waals surface area (Å²) in [5.74, 6) is 0. The van der Waals surface area contributed by atoms with Gasteiger partial charge in [0.2, 0.25) is 0 Å². The van der Waals surface area contributed by atoms with Gasteiger partial charge in [-0.3, -0.25) is 0 Å². The molecule has 0 aromatic rings. The SMILES string of the molecule is CCNCC1(CN2CCCC2)CCCCCC1. The first-order chi connectivity index (χ1) is 8.35. The number of rotatable bonds is 5. The zero-order valence-corrected chi connectivity index (χ0v) is 11.6. The molecule has 1 aliphatic carbocycles. The highest BCUT2D eigenvalue weighted by atomic mass is 15.1. The van der Waals surface area contributed by atoms with Crippen LogP contribution < -0.4 is 5.32 Å². The lowest BCUT2D eigenvalue weighted by atomic mass is 9.79. The molecule has 1 saturated heterocycles. The van der Waals surface area contributed by atoms with Crippen LogP contribution in [0.1, 0.15) is 58.3 Å². The Kier molecular flexibility index (Phi) is 5.30. The van der Waals surface area contributed by atoms with Crippen LogP contribution in [0.4, 0.5) is 0 Å². The van der Waals surface area contributed by atoms with E-state index in [1.807, 2.05) is 0 Å². The highest BCUT2D eigenvalue weighted by Crippen LogP contribution is 2.36. The molecule has 0 unspecified atom stereocenters. The largest absolute Gasteiger partial charge is 0.316 e. The summed E-state index contributed by atoms with van der Waals surface area (Å²) in [6.07, 6.45) is 11.6. The van der Waals surface area contributed by atoms with Gasteiger partial charge in [-0.2, -0.15) is 0 Å². The van der Waals surface area contributed by atoms with E-state index >= 15 is 0 Å². The summed E-state index contributed by atoms with van der Waals surface area (Å²) >= 11 is 0. The predicted molar refractivity (Wildman–Crippen MR) is 74.4 cm³/mol. The molecule has 2 heteroatoms. The van der Waals surface area contributed by atoms with Crippen molar-refractivity contribution in [3.8, 4) is 0 Å². The molecule has 2 fully saturated rings. The second-order valence-electron chi connectivity index (χ2n) is 6.18. The fraction of sp³-hybridized carbons (Fsp3) is 1.00. The zero-order valence-electron chi connectivity index (χ0n) is 11.6. The van der Waals surface area contributed by atoms with E-state index in [9.17, 15) is 0 Å². The van der Waals surface area contributed by atoms with Crippen LogP contribution >= 0.6 is 0 Å². The van der Waals surface area contributed by atoms with Crippen molar-refractivity contribution in [2.75, 3.05) is 32.7 Å². The van der Waals surface area contributed by atoms with E-state index in [0.29, 0.717) is 5.41 Å². The maximum atomic E-state index is 3.63. The monoisotopic (exact) mass is 238 g/mol. The van der Waals surface area contributed by atoms with Crippen molar-refractivity contribution in [2.24, 2.45) is 5.41 Å². The van der Waals surface area contributed by atoms with E-state index in [2.05, 4.69) is 17.1 Å². The lowest BCUT2D eigenvalue weighted by Gasteiger charge is -2.37. The van der Waals surface area contributed by atoms with Crippen molar-refractivity contribution in [3.63, 3.8) is 0 Å². The van der Waals surface area contributed by atoms with Gasteiger partial charge in [0, 0.05) is 13.1 Å². The Morgan fingerprint density at radius 1 is 0.941 bits per heavy atom. The molecule has 1 aliphatic heterocycles. The van der Waals surface area contributed by atoms with E-state index in [1.165, 1.54) is 77.5 Å². The molecular weight excluding hydrogens is 208 g/mol. The van der Waals surface area contributed by atoms with E-state index < -0.39 is 0 Å². The number of likely N-dealkylation sites (tertiary alicyclic amines) is 1. The van der Waals surface area contributed by atoms with Crippen LogP contribution in [-0.2, 0) is 0 Å². The van der Waals surface area contributed by atoms with E-state index in [1.54, 1.807) is 0 Å².